The molecule has 0 saturated heterocycles. The van der Waals surface area contributed by atoms with Gasteiger partial charge in [-0.25, -0.2) is 4.68 Å². The van der Waals surface area contributed by atoms with Gasteiger partial charge in [-0.05, 0) is 30.3 Å². The molecule has 1 aromatic carbocycles. The van der Waals surface area contributed by atoms with Crippen molar-refractivity contribution in [3.63, 3.8) is 0 Å². The van der Waals surface area contributed by atoms with Crippen LogP contribution in [0.1, 0.15) is 0 Å². The van der Waals surface area contributed by atoms with Gasteiger partial charge in [0.05, 0.1) is 23.3 Å². The molecule has 0 amide bonds. The number of pyridine rings is 1. The van der Waals surface area contributed by atoms with E-state index in [0.29, 0.717) is 0 Å². The lowest BCUT2D eigenvalue weighted by Crippen LogP contribution is -1.99. The van der Waals surface area contributed by atoms with Gasteiger partial charge in [0.2, 0.25) is 6.79 Å². The fourth-order valence-corrected chi connectivity index (χ4v) is 2.23. The quantitative estimate of drug-likeness (QED) is 0.714. The van der Waals surface area contributed by atoms with Gasteiger partial charge in [0.25, 0.3) is 0 Å². The van der Waals surface area contributed by atoms with Crippen LogP contribution >= 0.6 is 0 Å². The maximum absolute atomic E-state index is 5.40. The average molecular weight is 265 g/mol. The number of ether oxygens (including phenoxy) is 2. The summed E-state index contributed by atoms with van der Waals surface area (Å²) < 4.78 is 12.6. The highest BCUT2D eigenvalue weighted by Gasteiger charge is 2.15. The zero-order chi connectivity index (χ0) is 13.4. The van der Waals surface area contributed by atoms with Gasteiger partial charge in [0.15, 0.2) is 11.5 Å². The Kier molecular flexibility index (Phi) is 2.42. The van der Waals surface area contributed by atoms with Crippen LogP contribution in [0.2, 0.25) is 0 Å². The largest absolute Gasteiger partial charge is 0.454 e. The van der Waals surface area contributed by atoms with Crippen molar-refractivity contribution >= 4 is 0 Å². The third-order valence-electron chi connectivity index (χ3n) is 3.17. The number of hydrogen-bond donors (Lipinski definition) is 0. The fraction of sp³-hybridized carbons (Fsp3) is 0.0667. The first-order valence-corrected chi connectivity index (χ1v) is 6.27. The molecule has 0 unspecified atom stereocenters. The summed E-state index contributed by atoms with van der Waals surface area (Å²) in [5, 5.41) is 4.37. The molecule has 2 aromatic heterocycles. The zero-order valence-corrected chi connectivity index (χ0v) is 10.6. The zero-order valence-electron chi connectivity index (χ0n) is 10.6. The van der Waals surface area contributed by atoms with E-state index in [2.05, 4.69) is 10.1 Å². The van der Waals surface area contributed by atoms with Crippen LogP contribution in [0.5, 0.6) is 11.5 Å². The smallest absolute Gasteiger partial charge is 0.231 e. The monoisotopic (exact) mass is 265 g/mol. The molecule has 5 nitrogen and oxygen atoms in total. The minimum atomic E-state index is 0.269. The van der Waals surface area contributed by atoms with Crippen molar-refractivity contribution in [2.75, 3.05) is 6.79 Å². The molecule has 4 rings (SSSR count). The maximum Gasteiger partial charge on any atom is 0.231 e. The van der Waals surface area contributed by atoms with E-state index < -0.39 is 0 Å². The molecule has 0 radical (unpaired) electrons. The summed E-state index contributed by atoms with van der Waals surface area (Å²) in [4.78, 5) is 4.36. The van der Waals surface area contributed by atoms with Gasteiger partial charge >= 0.3 is 0 Å². The second-order valence-corrected chi connectivity index (χ2v) is 4.38. The van der Waals surface area contributed by atoms with Gasteiger partial charge in [0, 0.05) is 12.3 Å². The number of fused-ring (bicyclic) bond motifs is 1. The Morgan fingerprint density at radius 2 is 1.90 bits per heavy atom. The predicted molar refractivity (Wildman–Crippen MR) is 72.9 cm³/mol. The fourth-order valence-electron chi connectivity index (χ4n) is 2.23. The summed E-state index contributed by atoms with van der Waals surface area (Å²) in [7, 11) is 0. The molecule has 0 aliphatic carbocycles. The Morgan fingerprint density at radius 1 is 0.950 bits per heavy atom. The van der Waals surface area contributed by atoms with Gasteiger partial charge in [0.1, 0.15) is 0 Å². The molecule has 0 N–H and O–H groups in total. The highest BCUT2D eigenvalue weighted by Crippen LogP contribution is 2.34. The number of nitrogens with zero attached hydrogens (tertiary/aromatic N) is 3. The number of benzene rings is 1. The molecule has 0 atom stereocenters. The minimum Gasteiger partial charge on any atom is -0.454 e. The molecule has 1 aliphatic heterocycles. The average Bonchev–Trinajstić information content (AvgIpc) is 3.16. The molecule has 0 saturated carbocycles. The lowest BCUT2D eigenvalue weighted by atomic mass is 10.2. The van der Waals surface area contributed by atoms with Crippen molar-refractivity contribution in [2.45, 2.75) is 0 Å². The first-order chi connectivity index (χ1) is 9.92. The molecule has 3 aromatic rings. The Morgan fingerprint density at radius 3 is 2.80 bits per heavy atom. The molecule has 20 heavy (non-hydrogen) atoms. The lowest BCUT2D eigenvalue weighted by Gasteiger charge is -2.07. The van der Waals surface area contributed by atoms with Gasteiger partial charge < -0.3 is 9.47 Å². The minimum absolute atomic E-state index is 0.269. The predicted octanol–water partition coefficient (Wildman–Crippen LogP) is 2.66. The molecule has 0 bridgehead atoms. The van der Waals surface area contributed by atoms with Crippen LogP contribution in [0, 0.1) is 0 Å². The normalized spacial score (nSPS) is 12.6. The summed E-state index contributed by atoms with van der Waals surface area (Å²) >= 11 is 0. The number of rotatable bonds is 2. The Labute approximate surface area is 115 Å². The van der Waals surface area contributed by atoms with Gasteiger partial charge in [-0.1, -0.05) is 6.07 Å². The molecular formula is C15H11N3O2. The highest BCUT2D eigenvalue weighted by atomic mass is 16.7. The van der Waals surface area contributed by atoms with Crippen LogP contribution in [0.25, 0.3) is 17.1 Å². The van der Waals surface area contributed by atoms with Gasteiger partial charge in [-0.2, -0.15) is 5.10 Å². The van der Waals surface area contributed by atoms with E-state index >= 15 is 0 Å². The molecule has 0 fully saturated rings. The molecule has 3 heterocycles. The highest BCUT2D eigenvalue weighted by molar-refractivity contribution is 5.59. The van der Waals surface area contributed by atoms with Gasteiger partial charge in [-0.3, -0.25) is 4.98 Å². The number of hydrogen-bond acceptors (Lipinski definition) is 4. The van der Waals surface area contributed by atoms with E-state index in [0.717, 1.165) is 28.6 Å². The lowest BCUT2D eigenvalue weighted by molar-refractivity contribution is 0.174. The molecule has 98 valence electrons. The van der Waals surface area contributed by atoms with E-state index in [1.165, 1.54) is 0 Å². The van der Waals surface area contributed by atoms with E-state index in [4.69, 9.17) is 9.47 Å². The van der Waals surface area contributed by atoms with E-state index in [-0.39, 0.29) is 6.79 Å². The Bertz CT molecular complexity index is 753. The van der Waals surface area contributed by atoms with Crippen LogP contribution in [0.3, 0.4) is 0 Å². The summed E-state index contributed by atoms with van der Waals surface area (Å²) in [6.07, 6.45) is 3.53. The van der Waals surface area contributed by atoms with Crippen LogP contribution in [0.15, 0.2) is 54.9 Å². The number of aromatic nitrogens is 3. The van der Waals surface area contributed by atoms with Crippen molar-refractivity contribution in [1.29, 1.82) is 0 Å². The summed E-state index contributed by atoms with van der Waals surface area (Å²) in [6, 6.07) is 13.5. The van der Waals surface area contributed by atoms with Crippen molar-refractivity contribution in [1.82, 2.24) is 14.8 Å². The van der Waals surface area contributed by atoms with Gasteiger partial charge in [-0.15, -0.1) is 0 Å². The summed E-state index contributed by atoms with van der Waals surface area (Å²) in [5.74, 6) is 1.50. The Balaban J connectivity index is 1.82. The van der Waals surface area contributed by atoms with Crippen molar-refractivity contribution in [3.05, 3.63) is 54.9 Å². The Hall–Kier alpha value is -2.82. The first-order valence-electron chi connectivity index (χ1n) is 6.27. The molecule has 0 spiro atoms. The summed E-state index contributed by atoms with van der Waals surface area (Å²) in [6.45, 7) is 0.269. The topological polar surface area (TPSA) is 49.2 Å². The summed E-state index contributed by atoms with van der Waals surface area (Å²) in [5.41, 5.74) is 2.73. The maximum atomic E-state index is 5.40. The molecular weight excluding hydrogens is 254 g/mol. The third kappa shape index (κ3) is 1.72. The molecule has 1 aliphatic rings. The first kappa shape index (κ1) is 11.0. The van der Waals surface area contributed by atoms with E-state index in [1.807, 2.05) is 47.1 Å². The van der Waals surface area contributed by atoms with Crippen LogP contribution in [-0.4, -0.2) is 21.6 Å². The van der Waals surface area contributed by atoms with E-state index in [1.54, 1.807) is 12.4 Å². The van der Waals surface area contributed by atoms with Crippen molar-refractivity contribution < 1.29 is 9.47 Å². The third-order valence-corrected chi connectivity index (χ3v) is 3.17. The SMILES string of the molecule is c1ccc(-c2ccnn2-c2ccc3c(c2)OCO3)nc1. The van der Waals surface area contributed by atoms with Crippen LogP contribution in [-0.2, 0) is 0 Å². The van der Waals surface area contributed by atoms with E-state index in [9.17, 15) is 0 Å². The molecule has 5 heteroatoms. The second kappa shape index (κ2) is 4.38. The van der Waals surface area contributed by atoms with Crippen LogP contribution < -0.4 is 9.47 Å². The van der Waals surface area contributed by atoms with Crippen molar-refractivity contribution in [2.24, 2.45) is 0 Å². The standard InChI is InChI=1S/C15H11N3O2/c1-2-7-16-12(3-1)13-6-8-17-18(13)11-4-5-14-15(9-11)20-10-19-14/h1-9H,10H2. The van der Waals surface area contributed by atoms with Crippen LogP contribution in [0.4, 0.5) is 0 Å². The van der Waals surface area contributed by atoms with Crippen molar-refractivity contribution in [3.8, 4) is 28.6 Å². The second-order valence-electron chi connectivity index (χ2n) is 4.38.